The molecular weight excluding hydrogens is 284 g/mol. The van der Waals surface area contributed by atoms with Crippen LogP contribution in [0.15, 0.2) is 24.3 Å². The second-order valence-corrected chi connectivity index (χ2v) is 5.63. The predicted molar refractivity (Wildman–Crippen MR) is 82.5 cm³/mol. The van der Waals surface area contributed by atoms with E-state index in [1.165, 1.54) is 6.92 Å². The number of amides is 2. The average molecular weight is 306 g/mol. The summed E-state index contributed by atoms with van der Waals surface area (Å²) in [6.07, 6.45) is 0. The number of rotatable bonds is 6. The highest BCUT2D eigenvalue weighted by Gasteiger charge is 2.27. The summed E-state index contributed by atoms with van der Waals surface area (Å²) in [7, 11) is 0. The van der Waals surface area contributed by atoms with Gasteiger partial charge < -0.3 is 15.7 Å². The van der Waals surface area contributed by atoms with E-state index in [0.717, 1.165) is 5.56 Å². The van der Waals surface area contributed by atoms with E-state index in [9.17, 15) is 14.4 Å². The number of nitrogens with one attached hydrogen (secondary N) is 2. The van der Waals surface area contributed by atoms with Crippen LogP contribution in [0.1, 0.15) is 36.7 Å². The van der Waals surface area contributed by atoms with E-state index < -0.39 is 24.0 Å². The highest BCUT2D eigenvalue weighted by molar-refractivity contribution is 5.98. The van der Waals surface area contributed by atoms with Gasteiger partial charge in [-0.1, -0.05) is 31.5 Å². The third-order valence-electron chi connectivity index (χ3n) is 3.25. The summed E-state index contributed by atoms with van der Waals surface area (Å²) in [5.41, 5.74) is 1.41. The Labute approximate surface area is 129 Å². The van der Waals surface area contributed by atoms with Crippen LogP contribution in [0, 0.1) is 12.8 Å². The lowest BCUT2D eigenvalue weighted by Gasteiger charge is -2.23. The van der Waals surface area contributed by atoms with Crippen molar-refractivity contribution in [2.75, 3.05) is 0 Å². The second-order valence-electron chi connectivity index (χ2n) is 5.63. The highest BCUT2D eigenvalue weighted by Crippen LogP contribution is 2.07. The highest BCUT2D eigenvalue weighted by atomic mass is 16.4. The Bertz CT molecular complexity index is 569. The molecule has 120 valence electrons. The van der Waals surface area contributed by atoms with Crippen molar-refractivity contribution in [2.45, 2.75) is 39.8 Å². The fourth-order valence-electron chi connectivity index (χ4n) is 1.91. The maximum absolute atomic E-state index is 12.2. The lowest BCUT2D eigenvalue weighted by atomic mass is 10.0. The molecule has 1 aromatic rings. The summed E-state index contributed by atoms with van der Waals surface area (Å²) in [5, 5.41) is 13.9. The fraction of sp³-hybridized carbons (Fsp3) is 0.438. The standard InChI is InChI=1S/C16H22N2O4/c1-9(2)13(15(20)17-11(4)16(21)22)18-14(19)12-7-5-6-10(3)8-12/h5-9,11,13H,1-4H3,(H,17,20)(H,18,19)(H,21,22). The molecule has 6 heteroatoms. The van der Waals surface area contributed by atoms with E-state index in [-0.39, 0.29) is 11.8 Å². The smallest absolute Gasteiger partial charge is 0.325 e. The fourth-order valence-corrected chi connectivity index (χ4v) is 1.91. The molecule has 0 saturated carbocycles. The maximum atomic E-state index is 12.2. The number of benzene rings is 1. The van der Waals surface area contributed by atoms with Gasteiger partial charge in [-0.2, -0.15) is 0 Å². The average Bonchev–Trinajstić information content (AvgIpc) is 2.43. The van der Waals surface area contributed by atoms with E-state index >= 15 is 0 Å². The second kappa shape index (κ2) is 7.59. The number of carboxylic acid groups (broad SMARTS) is 1. The lowest BCUT2D eigenvalue weighted by Crippen LogP contribution is -2.53. The van der Waals surface area contributed by atoms with Crippen LogP contribution in [0.3, 0.4) is 0 Å². The van der Waals surface area contributed by atoms with E-state index in [4.69, 9.17) is 5.11 Å². The Morgan fingerprint density at radius 3 is 2.23 bits per heavy atom. The van der Waals surface area contributed by atoms with Crippen LogP contribution >= 0.6 is 0 Å². The summed E-state index contributed by atoms with van der Waals surface area (Å²) >= 11 is 0. The zero-order chi connectivity index (χ0) is 16.9. The predicted octanol–water partition coefficient (Wildman–Crippen LogP) is 1.34. The van der Waals surface area contributed by atoms with Crippen molar-refractivity contribution in [1.82, 2.24) is 10.6 Å². The first-order valence-electron chi connectivity index (χ1n) is 7.13. The molecule has 6 nitrogen and oxygen atoms in total. The van der Waals surface area contributed by atoms with Crippen LogP contribution in [-0.2, 0) is 9.59 Å². The lowest BCUT2D eigenvalue weighted by molar-refractivity contribution is -0.141. The van der Waals surface area contributed by atoms with Gasteiger partial charge in [-0.3, -0.25) is 14.4 Å². The van der Waals surface area contributed by atoms with Crippen molar-refractivity contribution in [3.8, 4) is 0 Å². The minimum atomic E-state index is -1.12. The summed E-state index contributed by atoms with van der Waals surface area (Å²) in [6.45, 7) is 6.82. The molecule has 2 amide bonds. The van der Waals surface area contributed by atoms with Crippen LogP contribution in [0.4, 0.5) is 0 Å². The van der Waals surface area contributed by atoms with E-state index in [1.54, 1.807) is 32.0 Å². The zero-order valence-electron chi connectivity index (χ0n) is 13.2. The molecule has 0 aliphatic heterocycles. The summed E-state index contributed by atoms with van der Waals surface area (Å²) in [4.78, 5) is 35.2. The van der Waals surface area contributed by atoms with Crippen molar-refractivity contribution in [3.05, 3.63) is 35.4 Å². The minimum absolute atomic E-state index is 0.172. The third-order valence-corrected chi connectivity index (χ3v) is 3.25. The van der Waals surface area contributed by atoms with E-state index in [2.05, 4.69) is 10.6 Å². The number of aliphatic carboxylic acids is 1. The van der Waals surface area contributed by atoms with Gasteiger partial charge in [0.2, 0.25) is 5.91 Å². The van der Waals surface area contributed by atoms with E-state index in [1.807, 2.05) is 13.0 Å². The molecule has 1 rings (SSSR count). The normalized spacial score (nSPS) is 13.3. The third kappa shape index (κ3) is 4.87. The van der Waals surface area contributed by atoms with Gasteiger partial charge in [0, 0.05) is 5.56 Å². The molecule has 3 N–H and O–H groups in total. The first-order chi connectivity index (χ1) is 10.2. The van der Waals surface area contributed by atoms with Crippen molar-refractivity contribution in [3.63, 3.8) is 0 Å². The molecule has 0 aliphatic rings. The molecule has 0 heterocycles. The van der Waals surface area contributed by atoms with Gasteiger partial charge in [0.05, 0.1) is 0 Å². The van der Waals surface area contributed by atoms with Gasteiger partial charge in [-0.25, -0.2) is 0 Å². The minimum Gasteiger partial charge on any atom is -0.480 e. The SMILES string of the molecule is Cc1cccc(C(=O)NC(C(=O)NC(C)C(=O)O)C(C)C)c1. The first-order valence-corrected chi connectivity index (χ1v) is 7.13. The number of carboxylic acids is 1. The summed E-state index contributed by atoms with van der Waals surface area (Å²) in [5.74, 6) is -2.16. The van der Waals surface area contributed by atoms with Gasteiger partial charge >= 0.3 is 5.97 Å². The Hall–Kier alpha value is -2.37. The largest absolute Gasteiger partial charge is 0.480 e. The Kier molecular flexibility index (Phi) is 6.10. The quantitative estimate of drug-likeness (QED) is 0.739. The number of hydrogen-bond donors (Lipinski definition) is 3. The number of carbonyl (C=O) groups is 3. The molecule has 0 aromatic heterocycles. The van der Waals surface area contributed by atoms with Gasteiger partial charge in [-0.05, 0) is 31.9 Å². The molecule has 0 aliphatic carbocycles. The van der Waals surface area contributed by atoms with Crippen LogP contribution in [0.25, 0.3) is 0 Å². The number of aryl methyl sites for hydroxylation is 1. The Balaban J connectivity index is 2.82. The summed E-state index contributed by atoms with van der Waals surface area (Å²) in [6, 6.07) is 5.22. The molecule has 2 unspecified atom stereocenters. The molecule has 0 bridgehead atoms. The van der Waals surface area contributed by atoms with Crippen molar-refractivity contribution in [2.24, 2.45) is 5.92 Å². The molecular formula is C16H22N2O4. The molecule has 22 heavy (non-hydrogen) atoms. The summed E-state index contributed by atoms with van der Waals surface area (Å²) < 4.78 is 0. The van der Waals surface area contributed by atoms with Crippen LogP contribution in [-0.4, -0.2) is 35.0 Å². The zero-order valence-corrected chi connectivity index (χ0v) is 13.2. The Morgan fingerprint density at radius 2 is 1.73 bits per heavy atom. The Morgan fingerprint density at radius 1 is 1.09 bits per heavy atom. The van der Waals surface area contributed by atoms with Gasteiger partial charge in [0.15, 0.2) is 0 Å². The molecule has 0 radical (unpaired) electrons. The monoisotopic (exact) mass is 306 g/mol. The molecule has 0 saturated heterocycles. The maximum Gasteiger partial charge on any atom is 0.325 e. The van der Waals surface area contributed by atoms with Gasteiger partial charge in [-0.15, -0.1) is 0 Å². The van der Waals surface area contributed by atoms with Crippen LogP contribution < -0.4 is 10.6 Å². The first kappa shape index (κ1) is 17.7. The number of hydrogen-bond acceptors (Lipinski definition) is 3. The van der Waals surface area contributed by atoms with E-state index in [0.29, 0.717) is 5.56 Å². The molecule has 0 spiro atoms. The topological polar surface area (TPSA) is 95.5 Å². The van der Waals surface area contributed by atoms with Crippen molar-refractivity contribution < 1.29 is 19.5 Å². The van der Waals surface area contributed by atoms with Crippen molar-refractivity contribution >= 4 is 17.8 Å². The molecule has 0 fully saturated rings. The van der Waals surface area contributed by atoms with Gasteiger partial charge in [0.1, 0.15) is 12.1 Å². The van der Waals surface area contributed by atoms with Crippen LogP contribution in [0.2, 0.25) is 0 Å². The number of carbonyl (C=O) groups excluding carboxylic acids is 2. The van der Waals surface area contributed by atoms with Crippen LogP contribution in [0.5, 0.6) is 0 Å². The van der Waals surface area contributed by atoms with Crippen molar-refractivity contribution in [1.29, 1.82) is 0 Å². The molecule has 2 atom stereocenters. The molecule has 1 aromatic carbocycles. The van der Waals surface area contributed by atoms with Gasteiger partial charge in [0.25, 0.3) is 5.91 Å².